The van der Waals surface area contributed by atoms with E-state index in [0.717, 1.165) is 0 Å². The van der Waals surface area contributed by atoms with Crippen LogP contribution in [-0.4, -0.2) is 22.7 Å². The van der Waals surface area contributed by atoms with E-state index in [4.69, 9.17) is 42.4 Å². The Morgan fingerprint density at radius 1 is 1.44 bits per heavy atom. The van der Waals surface area contributed by atoms with Gasteiger partial charge in [-0.15, -0.1) is 0 Å². The lowest BCUT2D eigenvalue weighted by molar-refractivity contribution is -0.0311. The number of benzene rings is 1. The Labute approximate surface area is 163 Å². The number of amidine groups is 1. The second-order valence-electron chi connectivity index (χ2n) is 6.08. The predicted molar refractivity (Wildman–Crippen MR) is 103 cm³/mol. The summed E-state index contributed by atoms with van der Waals surface area (Å²) in [6, 6.07) is 12.7. The van der Waals surface area contributed by atoms with Gasteiger partial charge < -0.3 is 25.4 Å². The first-order chi connectivity index (χ1) is 13.0. The smallest absolute Gasteiger partial charge is 0.215 e. The van der Waals surface area contributed by atoms with Crippen molar-refractivity contribution in [1.29, 1.82) is 10.7 Å². The van der Waals surface area contributed by atoms with Gasteiger partial charge in [0.1, 0.15) is 29.5 Å². The molecule has 0 spiro atoms. The standard InChI is InChI=1S/C17H19ClN5O3P/c18-11-3-1-2-4-14(11)26-27-24-10-17(9-19)8-7-15(25-17)12-5-6-13(16(20)21)23(12)22/h1-6,15,27H,7-8,10,22H2,(H3,20,21). The Kier molecular flexibility index (Phi) is 5.88. The van der Waals surface area contributed by atoms with Gasteiger partial charge in [-0.1, -0.05) is 23.7 Å². The Balaban J connectivity index is 1.58. The molecule has 1 fully saturated rings. The molecular formula is C17H19ClN5O3P. The zero-order chi connectivity index (χ0) is 19.4. The number of halogens is 1. The zero-order valence-electron chi connectivity index (χ0n) is 14.3. The summed E-state index contributed by atoms with van der Waals surface area (Å²) in [5.41, 5.74) is 5.47. The largest absolute Gasteiger partial charge is 0.448 e. The summed E-state index contributed by atoms with van der Waals surface area (Å²) in [7, 11) is -0.317. The lowest BCUT2D eigenvalue weighted by atomic mass is 10.0. The lowest BCUT2D eigenvalue weighted by Crippen LogP contribution is -2.31. The summed E-state index contributed by atoms with van der Waals surface area (Å²) < 4.78 is 18.3. The van der Waals surface area contributed by atoms with Crippen molar-refractivity contribution in [2.45, 2.75) is 24.5 Å². The normalized spacial score (nSPS) is 22.1. The summed E-state index contributed by atoms with van der Waals surface area (Å²) >= 11 is 6.02. The number of aromatic nitrogens is 1. The minimum atomic E-state index is -1.08. The Morgan fingerprint density at radius 2 is 2.22 bits per heavy atom. The third kappa shape index (κ3) is 4.18. The van der Waals surface area contributed by atoms with E-state index in [2.05, 4.69) is 6.07 Å². The highest BCUT2D eigenvalue weighted by atomic mass is 35.5. The van der Waals surface area contributed by atoms with E-state index in [1.807, 2.05) is 6.07 Å². The van der Waals surface area contributed by atoms with Crippen molar-refractivity contribution in [3.8, 4) is 11.8 Å². The Hall–Kier alpha value is -2.30. The molecule has 8 nitrogen and oxygen atoms in total. The van der Waals surface area contributed by atoms with Crippen molar-refractivity contribution < 1.29 is 13.8 Å². The molecule has 2 aromatic rings. The van der Waals surface area contributed by atoms with Crippen LogP contribution >= 0.6 is 20.6 Å². The number of ether oxygens (including phenoxy) is 1. The van der Waals surface area contributed by atoms with E-state index in [9.17, 15) is 5.26 Å². The van der Waals surface area contributed by atoms with E-state index in [0.29, 0.717) is 35.0 Å². The average Bonchev–Trinajstić information content (AvgIpc) is 3.24. The molecule has 0 amide bonds. The molecule has 1 aliphatic rings. The number of nitrogens with two attached hydrogens (primary N) is 2. The molecule has 0 aliphatic carbocycles. The molecule has 3 atom stereocenters. The first-order valence-corrected chi connectivity index (χ1v) is 9.33. The molecule has 1 aliphatic heterocycles. The number of nitriles is 1. The highest BCUT2D eigenvalue weighted by Crippen LogP contribution is 2.40. The van der Waals surface area contributed by atoms with E-state index in [1.54, 1.807) is 30.3 Å². The lowest BCUT2D eigenvalue weighted by Gasteiger charge is -2.22. The predicted octanol–water partition coefficient (Wildman–Crippen LogP) is 2.86. The molecule has 10 heteroatoms. The Bertz CT molecular complexity index is 884. The van der Waals surface area contributed by atoms with Gasteiger partial charge in [-0.2, -0.15) is 5.26 Å². The molecule has 3 unspecified atom stereocenters. The van der Waals surface area contributed by atoms with Crippen LogP contribution in [0.5, 0.6) is 5.75 Å². The molecule has 142 valence electrons. The quantitative estimate of drug-likeness (QED) is 0.212. The molecule has 1 aromatic heterocycles. The molecule has 3 rings (SSSR count). The zero-order valence-corrected chi connectivity index (χ0v) is 16.1. The van der Waals surface area contributed by atoms with Crippen LogP contribution in [0.3, 0.4) is 0 Å². The Morgan fingerprint density at radius 3 is 2.89 bits per heavy atom. The van der Waals surface area contributed by atoms with Crippen molar-refractivity contribution in [2.24, 2.45) is 5.73 Å². The minimum absolute atomic E-state index is 0.0632. The molecule has 27 heavy (non-hydrogen) atoms. The van der Waals surface area contributed by atoms with Gasteiger partial charge in [-0.25, -0.2) is 0 Å². The van der Waals surface area contributed by atoms with Crippen molar-refractivity contribution in [1.82, 2.24) is 4.68 Å². The maximum absolute atomic E-state index is 9.60. The maximum atomic E-state index is 9.60. The highest BCUT2D eigenvalue weighted by molar-refractivity contribution is 7.26. The van der Waals surface area contributed by atoms with Crippen LogP contribution in [0.1, 0.15) is 30.3 Å². The van der Waals surface area contributed by atoms with Crippen LogP contribution in [0, 0.1) is 16.7 Å². The molecule has 1 aromatic carbocycles. The van der Waals surface area contributed by atoms with Crippen molar-refractivity contribution in [3.63, 3.8) is 0 Å². The van der Waals surface area contributed by atoms with Crippen molar-refractivity contribution in [3.05, 3.63) is 52.8 Å². The first kappa shape index (κ1) is 19.5. The van der Waals surface area contributed by atoms with Gasteiger partial charge in [0, 0.05) is 0 Å². The number of nitrogens with one attached hydrogen (secondary N) is 1. The fourth-order valence-corrected chi connectivity index (χ4v) is 3.74. The van der Waals surface area contributed by atoms with E-state index < -0.39 is 5.60 Å². The van der Waals surface area contributed by atoms with E-state index in [-0.39, 0.29) is 27.6 Å². The third-order valence-electron chi connectivity index (χ3n) is 4.29. The van der Waals surface area contributed by atoms with Gasteiger partial charge in [-0.3, -0.25) is 10.1 Å². The van der Waals surface area contributed by atoms with Gasteiger partial charge in [0.15, 0.2) is 5.60 Å². The summed E-state index contributed by atoms with van der Waals surface area (Å²) in [6.45, 7) is 0.0632. The van der Waals surface area contributed by atoms with Crippen LogP contribution in [-0.2, 0) is 9.26 Å². The second kappa shape index (κ2) is 8.15. The summed E-state index contributed by atoms with van der Waals surface area (Å²) in [5, 5.41) is 17.6. The van der Waals surface area contributed by atoms with E-state index in [1.165, 1.54) is 4.68 Å². The number of nitrogen functional groups attached to an aromatic ring is 2. The third-order valence-corrected chi connectivity index (χ3v) is 5.17. The van der Waals surface area contributed by atoms with Crippen LogP contribution in [0.25, 0.3) is 0 Å². The summed E-state index contributed by atoms with van der Waals surface area (Å²) in [4.78, 5) is 0. The van der Waals surface area contributed by atoms with Gasteiger partial charge >= 0.3 is 0 Å². The topological polar surface area (TPSA) is 132 Å². The molecular weight excluding hydrogens is 389 g/mol. The van der Waals surface area contributed by atoms with Crippen LogP contribution < -0.4 is 16.1 Å². The molecule has 0 radical (unpaired) electrons. The van der Waals surface area contributed by atoms with E-state index >= 15 is 0 Å². The van der Waals surface area contributed by atoms with Gasteiger partial charge in [0.2, 0.25) is 9.03 Å². The monoisotopic (exact) mass is 407 g/mol. The van der Waals surface area contributed by atoms with Crippen molar-refractivity contribution >= 4 is 26.5 Å². The fourth-order valence-electron chi connectivity index (χ4n) is 2.88. The molecule has 1 saturated heterocycles. The SMILES string of the molecule is N#CC1(COPOc2ccccc2Cl)CCC(c2ccc(C(=N)N)n2N)O1. The molecule has 0 bridgehead atoms. The number of hydrogen-bond acceptors (Lipinski definition) is 6. The van der Waals surface area contributed by atoms with Crippen molar-refractivity contribution in [2.75, 3.05) is 12.4 Å². The number of hydrogen-bond donors (Lipinski definition) is 3. The average molecular weight is 408 g/mol. The molecule has 2 heterocycles. The number of nitrogens with zero attached hydrogens (tertiary/aromatic N) is 2. The minimum Gasteiger partial charge on any atom is -0.448 e. The van der Waals surface area contributed by atoms with Gasteiger partial charge in [0.05, 0.1) is 17.3 Å². The fraction of sp³-hybridized carbons (Fsp3) is 0.294. The van der Waals surface area contributed by atoms with Crippen LogP contribution in [0.4, 0.5) is 0 Å². The second-order valence-corrected chi connectivity index (χ2v) is 7.15. The van der Waals surface area contributed by atoms with Crippen LogP contribution in [0.2, 0.25) is 5.02 Å². The maximum Gasteiger partial charge on any atom is 0.215 e. The summed E-state index contributed by atoms with van der Waals surface area (Å²) in [5.74, 6) is 6.37. The summed E-state index contributed by atoms with van der Waals surface area (Å²) in [6.07, 6.45) is 0.717. The first-order valence-electron chi connectivity index (χ1n) is 8.14. The van der Waals surface area contributed by atoms with Gasteiger partial charge in [-0.05, 0) is 37.1 Å². The molecule has 0 saturated carbocycles. The van der Waals surface area contributed by atoms with Gasteiger partial charge in [0.25, 0.3) is 0 Å². The number of para-hydroxylation sites is 1. The molecule has 5 N–H and O–H groups in total. The highest BCUT2D eigenvalue weighted by Gasteiger charge is 2.42. The van der Waals surface area contributed by atoms with Crippen LogP contribution in [0.15, 0.2) is 36.4 Å². The number of rotatable bonds is 7.